The zero-order valence-electron chi connectivity index (χ0n) is 16.5. The summed E-state index contributed by atoms with van der Waals surface area (Å²) in [6, 6.07) is 8.54. The van der Waals surface area contributed by atoms with Crippen LogP contribution >= 0.6 is 24.0 Å². The van der Waals surface area contributed by atoms with Gasteiger partial charge in [-0.25, -0.2) is 22.9 Å². The maximum atomic E-state index is 13.2. The van der Waals surface area contributed by atoms with Crippen molar-refractivity contribution in [1.29, 1.82) is 0 Å². The Morgan fingerprint density at radius 3 is 2.29 bits per heavy atom. The fourth-order valence-corrected chi connectivity index (χ4v) is 3.14. The van der Waals surface area contributed by atoms with Crippen LogP contribution in [0.2, 0.25) is 0 Å². The summed E-state index contributed by atoms with van der Waals surface area (Å²) in [5.41, 5.74) is -0.361. The van der Waals surface area contributed by atoms with Crippen LogP contribution in [0.5, 0.6) is 0 Å². The van der Waals surface area contributed by atoms with E-state index in [-0.39, 0.29) is 41.0 Å². The number of rotatable bonds is 7. The van der Waals surface area contributed by atoms with Gasteiger partial charge in [0, 0.05) is 13.1 Å². The highest BCUT2D eigenvalue weighted by molar-refractivity contribution is 14.0. The second-order valence-corrected chi connectivity index (χ2v) is 7.92. The molecule has 2 rings (SSSR count). The van der Waals surface area contributed by atoms with Gasteiger partial charge in [-0.05, 0) is 48.7 Å². The van der Waals surface area contributed by atoms with Gasteiger partial charge in [-0.3, -0.25) is 0 Å². The molecule has 6 nitrogen and oxygen atoms in total. The van der Waals surface area contributed by atoms with E-state index in [1.807, 2.05) is 6.92 Å². The molecule has 0 saturated heterocycles. The van der Waals surface area contributed by atoms with Crippen LogP contribution in [0.15, 0.2) is 52.4 Å². The van der Waals surface area contributed by atoms with Crippen molar-refractivity contribution in [2.45, 2.75) is 31.0 Å². The summed E-state index contributed by atoms with van der Waals surface area (Å²) in [6.07, 6.45) is -4.17. The van der Waals surface area contributed by atoms with Crippen LogP contribution in [0, 0.1) is 5.82 Å². The van der Waals surface area contributed by atoms with Crippen molar-refractivity contribution in [3.63, 3.8) is 0 Å². The summed E-state index contributed by atoms with van der Waals surface area (Å²) < 4.78 is 75.0. The molecule has 172 valence electrons. The van der Waals surface area contributed by atoms with Crippen molar-refractivity contribution in [3.05, 3.63) is 65.0 Å². The monoisotopic (exact) mass is 574 g/mol. The van der Waals surface area contributed by atoms with Crippen LogP contribution in [-0.4, -0.2) is 27.5 Å². The van der Waals surface area contributed by atoms with E-state index in [9.17, 15) is 26.0 Å². The van der Waals surface area contributed by atoms with E-state index < -0.39 is 27.6 Å². The van der Waals surface area contributed by atoms with Crippen molar-refractivity contribution >= 4 is 40.0 Å². The van der Waals surface area contributed by atoms with Crippen molar-refractivity contribution in [3.8, 4) is 0 Å². The fourth-order valence-electron chi connectivity index (χ4n) is 2.63. The molecule has 0 saturated carbocycles. The lowest BCUT2D eigenvalue weighted by Gasteiger charge is -2.14. The van der Waals surface area contributed by atoms with Gasteiger partial charge < -0.3 is 10.6 Å². The van der Waals surface area contributed by atoms with Crippen LogP contribution < -0.4 is 15.8 Å². The number of hydrogen-bond acceptors (Lipinski definition) is 3. The lowest BCUT2D eigenvalue weighted by molar-refractivity contribution is -0.138. The quantitative estimate of drug-likeness (QED) is 0.205. The highest BCUT2D eigenvalue weighted by Gasteiger charge is 2.33. The maximum Gasteiger partial charge on any atom is 0.416 e. The molecular weight excluding hydrogens is 551 g/mol. The van der Waals surface area contributed by atoms with Gasteiger partial charge in [0.05, 0.1) is 17.0 Å². The van der Waals surface area contributed by atoms with E-state index in [0.717, 1.165) is 17.7 Å². The molecule has 0 atom stereocenters. The second-order valence-electron chi connectivity index (χ2n) is 6.36. The summed E-state index contributed by atoms with van der Waals surface area (Å²) in [4.78, 5) is 4.15. The normalized spacial score (nSPS) is 12.3. The molecule has 0 radical (unpaired) electrons. The molecule has 4 N–H and O–H groups in total. The van der Waals surface area contributed by atoms with Crippen molar-refractivity contribution < 1.29 is 26.0 Å². The Morgan fingerprint density at radius 1 is 1.10 bits per heavy atom. The zero-order valence-corrected chi connectivity index (χ0v) is 19.7. The SMILES string of the molecule is CCNC(=NCc1ccc(F)cc1C(F)(F)F)NCCc1ccc(S(N)(=O)=O)cc1.I. The smallest absolute Gasteiger partial charge is 0.357 e. The predicted octanol–water partition coefficient (Wildman–Crippen LogP) is 3.41. The van der Waals surface area contributed by atoms with Gasteiger partial charge in [-0.1, -0.05) is 18.2 Å². The Balaban J connectivity index is 0.00000480. The van der Waals surface area contributed by atoms with E-state index >= 15 is 0 Å². The number of halogens is 5. The molecule has 0 aliphatic rings. The average molecular weight is 574 g/mol. The lowest BCUT2D eigenvalue weighted by Crippen LogP contribution is -2.38. The first kappa shape index (κ1) is 27.1. The molecule has 0 heterocycles. The van der Waals surface area contributed by atoms with Crippen LogP contribution in [-0.2, 0) is 29.2 Å². The number of nitrogens with two attached hydrogens (primary N) is 1. The summed E-state index contributed by atoms with van der Waals surface area (Å²) in [5.74, 6) is -0.662. The Morgan fingerprint density at radius 2 is 1.74 bits per heavy atom. The third kappa shape index (κ3) is 8.61. The number of sulfonamides is 1. The number of guanidine groups is 1. The number of benzene rings is 2. The standard InChI is InChI=1S/C19H22F4N4O2S.HI/c1-2-25-18(26-10-9-13-3-7-16(8-4-13)30(24,28)29)27-12-14-5-6-15(20)11-17(14)19(21,22)23;/h3-8,11H,2,9-10,12H2,1H3,(H2,24,28,29)(H2,25,26,27);1H. The Hall–Kier alpha value is -1.93. The van der Waals surface area contributed by atoms with E-state index in [2.05, 4.69) is 15.6 Å². The summed E-state index contributed by atoms with van der Waals surface area (Å²) in [6.45, 7) is 2.41. The predicted molar refractivity (Wildman–Crippen MR) is 121 cm³/mol. The minimum absolute atomic E-state index is 0. The minimum atomic E-state index is -4.68. The molecular formula is C19H23F4IN4O2S. The summed E-state index contributed by atoms with van der Waals surface area (Å²) in [7, 11) is -3.76. The summed E-state index contributed by atoms with van der Waals surface area (Å²) in [5, 5.41) is 11.0. The van der Waals surface area contributed by atoms with Gasteiger partial charge in [0.25, 0.3) is 0 Å². The van der Waals surface area contributed by atoms with E-state index in [4.69, 9.17) is 5.14 Å². The second kappa shape index (κ2) is 11.6. The average Bonchev–Trinajstić information content (AvgIpc) is 2.65. The van der Waals surface area contributed by atoms with Gasteiger partial charge in [0.15, 0.2) is 5.96 Å². The van der Waals surface area contributed by atoms with Gasteiger partial charge in [-0.2, -0.15) is 13.2 Å². The molecule has 0 spiro atoms. The lowest BCUT2D eigenvalue weighted by atomic mass is 10.1. The van der Waals surface area contributed by atoms with Gasteiger partial charge >= 0.3 is 6.18 Å². The number of primary sulfonamides is 1. The van der Waals surface area contributed by atoms with Crippen molar-refractivity contribution in [2.75, 3.05) is 13.1 Å². The molecule has 0 aliphatic heterocycles. The first-order valence-corrected chi connectivity index (χ1v) is 10.5. The first-order chi connectivity index (χ1) is 14.0. The Labute approximate surface area is 195 Å². The number of nitrogens with one attached hydrogen (secondary N) is 2. The van der Waals surface area contributed by atoms with Crippen molar-refractivity contribution in [2.24, 2.45) is 10.1 Å². The van der Waals surface area contributed by atoms with Crippen LogP contribution in [0.3, 0.4) is 0 Å². The molecule has 2 aromatic rings. The number of aliphatic imine (C=N–C) groups is 1. The third-order valence-corrected chi connectivity index (χ3v) is 5.02. The van der Waals surface area contributed by atoms with Gasteiger partial charge in [0.2, 0.25) is 10.0 Å². The Kier molecular flexibility index (Phi) is 10.2. The van der Waals surface area contributed by atoms with Crippen LogP contribution in [0.4, 0.5) is 17.6 Å². The number of nitrogens with zero attached hydrogens (tertiary/aromatic N) is 1. The maximum absolute atomic E-state index is 13.2. The van der Waals surface area contributed by atoms with E-state index in [0.29, 0.717) is 31.5 Å². The molecule has 0 aliphatic carbocycles. The molecule has 0 bridgehead atoms. The van der Waals surface area contributed by atoms with Crippen molar-refractivity contribution in [1.82, 2.24) is 10.6 Å². The molecule has 0 fully saturated rings. The van der Waals surface area contributed by atoms with E-state index in [1.54, 1.807) is 12.1 Å². The minimum Gasteiger partial charge on any atom is -0.357 e. The molecule has 0 amide bonds. The molecule has 0 unspecified atom stereocenters. The highest BCUT2D eigenvalue weighted by Crippen LogP contribution is 2.32. The third-order valence-electron chi connectivity index (χ3n) is 4.09. The van der Waals surface area contributed by atoms with Gasteiger partial charge in [0.1, 0.15) is 5.82 Å². The molecule has 2 aromatic carbocycles. The molecule has 31 heavy (non-hydrogen) atoms. The first-order valence-electron chi connectivity index (χ1n) is 9.00. The largest absolute Gasteiger partial charge is 0.416 e. The fraction of sp³-hybridized carbons (Fsp3) is 0.316. The van der Waals surface area contributed by atoms with Crippen LogP contribution in [0.25, 0.3) is 0 Å². The Bertz CT molecular complexity index is 997. The summed E-state index contributed by atoms with van der Waals surface area (Å²) >= 11 is 0. The van der Waals surface area contributed by atoms with Crippen LogP contribution in [0.1, 0.15) is 23.6 Å². The number of alkyl halides is 3. The van der Waals surface area contributed by atoms with E-state index in [1.165, 1.54) is 12.1 Å². The highest BCUT2D eigenvalue weighted by atomic mass is 127. The molecule has 0 aromatic heterocycles. The van der Waals surface area contributed by atoms with Gasteiger partial charge in [-0.15, -0.1) is 24.0 Å². The zero-order chi connectivity index (χ0) is 22.4. The molecule has 12 heteroatoms. The number of hydrogen-bond donors (Lipinski definition) is 3. The topological polar surface area (TPSA) is 96.6 Å².